The average molecular weight is 258 g/mol. The van der Waals surface area contributed by atoms with E-state index in [1.807, 2.05) is 0 Å². The Kier molecular flexibility index (Phi) is 3.51. The van der Waals surface area contributed by atoms with E-state index in [4.69, 9.17) is 5.73 Å². The molecular weight excluding hydrogens is 244 g/mol. The number of aromatic nitrogens is 1. The Morgan fingerprint density at radius 3 is 2.42 bits per heavy atom. The van der Waals surface area contributed by atoms with E-state index >= 15 is 0 Å². The number of nitrogens with one attached hydrogen (secondary N) is 3. The first-order valence-corrected chi connectivity index (χ1v) is 5.68. The number of benzene rings is 1. The Balaban J connectivity index is 2.21. The van der Waals surface area contributed by atoms with Crippen LogP contribution in [0, 0.1) is 6.92 Å². The number of anilines is 2. The zero-order valence-electron chi connectivity index (χ0n) is 10.4. The first kappa shape index (κ1) is 12.7. The first-order chi connectivity index (χ1) is 9.08. The molecule has 2 aromatic rings. The molecule has 3 amide bonds. The molecule has 0 saturated heterocycles. The van der Waals surface area contributed by atoms with Crippen LogP contribution in [0.4, 0.5) is 16.2 Å². The van der Waals surface area contributed by atoms with Crippen molar-refractivity contribution in [1.82, 2.24) is 4.98 Å². The summed E-state index contributed by atoms with van der Waals surface area (Å²) in [5.41, 5.74) is 7.55. The SMILES string of the molecule is Cc1c(NC(N)=O)cccc1NC(=O)c1cc[nH]c1. The van der Waals surface area contributed by atoms with Crippen molar-refractivity contribution in [2.75, 3.05) is 10.6 Å². The fraction of sp³-hybridized carbons (Fsp3) is 0.0769. The smallest absolute Gasteiger partial charge is 0.316 e. The molecule has 1 heterocycles. The van der Waals surface area contributed by atoms with E-state index in [2.05, 4.69) is 15.6 Å². The summed E-state index contributed by atoms with van der Waals surface area (Å²) >= 11 is 0. The summed E-state index contributed by atoms with van der Waals surface area (Å²) in [4.78, 5) is 25.6. The lowest BCUT2D eigenvalue weighted by Gasteiger charge is -2.12. The maximum absolute atomic E-state index is 11.9. The summed E-state index contributed by atoms with van der Waals surface area (Å²) in [6.07, 6.45) is 3.28. The van der Waals surface area contributed by atoms with Gasteiger partial charge in [0.2, 0.25) is 0 Å². The lowest BCUT2D eigenvalue weighted by molar-refractivity contribution is 0.102. The third kappa shape index (κ3) is 2.92. The van der Waals surface area contributed by atoms with Gasteiger partial charge in [-0.15, -0.1) is 0 Å². The number of H-pyrrole nitrogens is 1. The van der Waals surface area contributed by atoms with Crippen molar-refractivity contribution >= 4 is 23.3 Å². The number of amides is 3. The van der Waals surface area contributed by atoms with Crippen LogP contribution in [0.5, 0.6) is 0 Å². The van der Waals surface area contributed by atoms with Gasteiger partial charge in [0.1, 0.15) is 0 Å². The monoisotopic (exact) mass is 258 g/mol. The molecule has 0 spiro atoms. The zero-order chi connectivity index (χ0) is 13.8. The molecule has 0 atom stereocenters. The largest absolute Gasteiger partial charge is 0.367 e. The Bertz CT molecular complexity index is 605. The van der Waals surface area contributed by atoms with Crippen molar-refractivity contribution in [1.29, 1.82) is 0 Å². The second kappa shape index (κ2) is 5.26. The van der Waals surface area contributed by atoms with Gasteiger partial charge >= 0.3 is 6.03 Å². The Hall–Kier alpha value is -2.76. The van der Waals surface area contributed by atoms with Crippen LogP contribution in [0.1, 0.15) is 15.9 Å². The Morgan fingerprint density at radius 2 is 1.84 bits per heavy atom. The maximum Gasteiger partial charge on any atom is 0.316 e. The van der Waals surface area contributed by atoms with Gasteiger partial charge in [0.15, 0.2) is 0 Å². The van der Waals surface area contributed by atoms with Crippen LogP contribution in [0.15, 0.2) is 36.7 Å². The minimum Gasteiger partial charge on any atom is -0.367 e. The predicted octanol–water partition coefficient (Wildman–Crippen LogP) is 2.07. The normalized spacial score (nSPS) is 9.95. The van der Waals surface area contributed by atoms with Crippen LogP contribution in [0.3, 0.4) is 0 Å². The predicted molar refractivity (Wildman–Crippen MR) is 73.1 cm³/mol. The summed E-state index contributed by atoms with van der Waals surface area (Å²) in [6, 6.07) is 6.23. The molecule has 0 radical (unpaired) electrons. The lowest BCUT2D eigenvalue weighted by atomic mass is 10.1. The van der Waals surface area contributed by atoms with Gasteiger partial charge in [0.25, 0.3) is 5.91 Å². The topological polar surface area (TPSA) is 100 Å². The van der Waals surface area contributed by atoms with Gasteiger partial charge in [-0.2, -0.15) is 0 Å². The van der Waals surface area contributed by atoms with Gasteiger partial charge in [-0.3, -0.25) is 4.79 Å². The maximum atomic E-state index is 11.9. The lowest BCUT2D eigenvalue weighted by Crippen LogP contribution is -2.20. The van der Waals surface area contributed by atoms with E-state index in [0.717, 1.165) is 5.56 Å². The highest BCUT2D eigenvalue weighted by Crippen LogP contribution is 2.23. The summed E-state index contributed by atoms with van der Waals surface area (Å²) in [6.45, 7) is 1.79. The molecule has 0 bridgehead atoms. The number of primary amides is 1. The number of rotatable bonds is 3. The molecule has 2 rings (SSSR count). The number of nitrogens with two attached hydrogens (primary N) is 1. The van der Waals surface area contributed by atoms with E-state index in [1.165, 1.54) is 0 Å². The van der Waals surface area contributed by atoms with Gasteiger partial charge in [0, 0.05) is 23.8 Å². The number of hydrogen-bond acceptors (Lipinski definition) is 2. The minimum absolute atomic E-state index is 0.222. The summed E-state index contributed by atoms with van der Waals surface area (Å²) in [5, 5.41) is 5.28. The van der Waals surface area contributed by atoms with Crippen molar-refractivity contribution < 1.29 is 9.59 Å². The fourth-order valence-electron chi connectivity index (χ4n) is 1.70. The Labute approximate surface area is 110 Å². The standard InChI is InChI=1S/C13H14N4O2/c1-8-10(3-2-4-11(8)17-13(14)19)16-12(18)9-5-6-15-7-9/h2-7,15H,1H3,(H,16,18)(H3,14,17,19). The van der Waals surface area contributed by atoms with Crippen molar-refractivity contribution in [3.05, 3.63) is 47.8 Å². The third-order valence-corrected chi connectivity index (χ3v) is 2.70. The summed E-state index contributed by atoms with van der Waals surface area (Å²) in [7, 11) is 0. The number of urea groups is 1. The molecule has 98 valence electrons. The van der Waals surface area contributed by atoms with E-state index in [9.17, 15) is 9.59 Å². The van der Waals surface area contributed by atoms with E-state index in [1.54, 1.807) is 43.6 Å². The highest BCUT2D eigenvalue weighted by atomic mass is 16.2. The molecule has 1 aromatic carbocycles. The number of carbonyl (C=O) groups is 2. The van der Waals surface area contributed by atoms with Gasteiger partial charge in [-0.1, -0.05) is 6.07 Å². The zero-order valence-corrected chi connectivity index (χ0v) is 10.4. The van der Waals surface area contributed by atoms with Gasteiger partial charge in [0.05, 0.1) is 5.56 Å². The van der Waals surface area contributed by atoms with Crippen LogP contribution < -0.4 is 16.4 Å². The van der Waals surface area contributed by atoms with Crippen molar-refractivity contribution in [2.24, 2.45) is 5.73 Å². The molecule has 1 aromatic heterocycles. The number of aromatic amines is 1. The summed E-state index contributed by atoms with van der Waals surface area (Å²) < 4.78 is 0. The average Bonchev–Trinajstić information content (AvgIpc) is 2.87. The van der Waals surface area contributed by atoms with Gasteiger partial charge in [-0.05, 0) is 30.7 Å². The first-order valence-electron chi connectivity index (χ1n) is 5.68. The van der Waals surface area contributed by atoms with Crippen LogP contribution in [0.25, 0.3) is 0 Å². The molecular formula is C13H14N4O2. The fourth-order valence-corrected chi connectivity index (χ4v) is 1.70. The molecule has 0 aliphatic heterocycles. The molecule has 5 N–H and O–H groups in total. The third-order valence-electron chi connectivity index (χ3n) is 2.70. The molecule has 0 unspecified atom stereocenters. The number of carbonyl (C=O) groups excluding carboxylic acids is 2. The Morgan fingerprint density at radius 1 is 1.16 bits per heavy atom. The van der Waals surface area contributed by atoms with Gasteiger partial charge in [-0.25, -0.2) is 4.79 Å². The second-order valence-electron chi connectivity index (χ2n) is 4.02. The van der Waals surface area contributed by atoms with Crippen LogP contribution >= 0.6 is 0 Å². The van der Waals surface area contributed by atoms with Crippen LogP contribution in [0.2, 0.25) is 0 Å². The van der Waals surface area contributed by atoms with Crippen molar-refractivity contribution in [3.63, 3.8) is 0 Å². The molecule has 0 saturated carbocycles. The minimum atomic E-state index is -0.641. The van der Waals surface area contributed by atoms with Crippen molar-refractivity contribution in [3.8, 4) is 0 Å². The molecule has 0 fully saturated rings. The van der Waals surface area contributed by atoms with E-state index in [0.29, 0.717) is 16.9 Å². The van der Waals surface area contributed by atoms with Crippen LogP contribution in [-0.2, 0) is 0 Å². The molecule has 19 heavy (non-hydrogen) atoms. The highest BCUT2D eigenvalue weighted by molar-refractivity contribution is 6.05. The second-order valence-corrected chi connectivity index (χ2v) is 4.02. The number of hydrogen-bond donors (Lipinski definition) is 4. The molecule has 0 aliphatic carbocycles. The molecule has 6 nitrogen and oxygen atoms in total. The summed E-state index contributed by atoms with van der Waals surface area (Å²) in [5.74, 6) is -0.222. The quantitative estimate of drug-likeness (QED) is 0.677. The van der Waals surface area contributed by atoms with Gasteiger partial charge < -0.3 is 21.4 Å². The van der Waals surface area contributed by atoms with E-state index < -0.39 is 6.03 Å². The molecule has 6 heteroatoms. The van der Waals surface area contributed by atoms with E-state index in [-0.39, 0.29) is 5.91 Å². The van der Waals surface area contributed by atoms with Crippen LogP contribution in [-0.4, -0.2) is 16.9 Å². The van der Waals surface area contributed by atoms with Crippen molar-refractivity contribution in [2.45, 2.75) is 6.92 Å². The highest BCUT2D eigenvalue weighted by Gasteiger charge is 2.10. The molecule has 0 aliphatic rings.